The predicted molar refractivity (Wildman–Crippen MR) is 142 cm³/mol. The molecule has 6 unspecified atom stereocenters. The quantitative estimate of drug-likeness (QED) is 0.312. The smallest absolute Gasteiger partial charge is 0.306 e. The summed E-state index contributed by atoms with van der Waals surface area (Å²) in [6.45, 7) is 13.2. The molecule has 8 heteroatoms. The van der Waals surface area contributed by atoms with E-state index in [1.54, 1.807) is 38.1 Å². The largest absolute Gasteiger partial charge is 0.454 e. The molecule has 4 rings (SSSR count). The number of carbonyl (C=O) groups excluding carboxylic acids is 2. The summed E-state index contributed by atoms with van der Waals surface area (Å²) in [4.78, 5) is 31.0. The number of epoxide rings is 1. The van der Waals surface area contributed by atoms with E-state index in [1.807, 2.05) is 13.8 Å². The normalized spacial score (nSPS) is 34.9. The number of aliphatic hydroxyl groups is 2. The number of aliphatic hydroxyl groups excluding tert-OH is 1. The molecule has 38 heavy (non-hydrogen) atoms. The summed E-state index contributed by atoms with van der Waals surface area (Å²) in [5.41, 5.74) is -0.133. The topological polar surface area (TPSA) is 122 Å². The second-order valence-corrected chi connectivity index (χ2v) is 12.0. The zero-order chi connectivity index (χ0) is 27.9. The number of carbonyl (C=O) groups is 2. The number of benzene rings is 1. The lowest BCUT2D eigenvalue weighted by Gasteiger charge is -2.31. The van der Waals surface area contributed by atoms with Crippen LogP contribution in [-0.2, 0) is 19.1 Å². The van der Waals surface area contributed by atoms with Crippen molar-refractivity contribution in [2.45, 2.75) is 103 Å². The summed E-state index contributed by atoms with van der Waals surface area (Å²) in [5, 5.41) is 22.8. The molecule has 2 saturated heterocycles. The molecule has 0 bridgehead atoms. The second-order valence-electron chi connectivity index (χ2n) is 12.0. The number of Topliss-reactive ketones (excluding diaryl/α,β-unsaturated/α-hetero) is 1. The van der Waals surface area contributed by atoms with Crippen LogP contribution in [0.4, 0.5) is 0 Å². The average molecular weight is 528 g/mol. The number of ether oxygens (including phenoxy) is 2. The molecule has 8 nitrogen and oxygen atoms in total. The van der Waals surface area contributed by atoms with Gasteiger partial charge in [-0.3, -0.25) is 9.59 Å². The molecule has 0 amide bonds. The maximum Gasteiger partial charge on any atom is 0.306 e. The van der Waals surface area contributed by atoms with Gasteiger partial charge in [-0.2, -0.15) is 0 Å². The number of esters is 1. The highest BCUT2D eigenvalue weighted by Crippen LogP contribution is 2.54. The first kappa shape index (κ1) is 28.5. The molecule has 0 radical (unpaired) electrons. The van der Waals surface area contributed by atoms with E-state index in [1.165, 1.54) is 0 Å². The average Bonchev–Trinajstić information content (AvgIpc) is 3.21. The Hall–Kier alpha value is -2.55. The van der Waals surface area contributed by atoms with Gasteiger partial charge in [-0.05, 0) is 56.2 Å². The first-order valence-corrected chi connectivity index (χ1v) is 13.6. The van der Waals surface area contributed by atoms with Crippen molar-refractivity contribution < 1.29 is 33.7 Å². The third-order valence-electron chi connectivity index (χ3n) is 8.37. The number of cyclic esters (lactones) is 1. The Balaban J connectivity index is 1.66. The number of fused-ring (bicyclic) bond motifs is 2. The van der Waals surface area contributed by atoms with Crippen LogP contribution in [0, 0.1) is 24.2 Å². The van der Waals surface area contributed by atoms with Gasteiger partial charge in [0.2, 0.25) is 5.79 Å². The first-order chi connectivity index (χ1) is 17.8. The number of rotatable bonds is 3. The third-order valence-corrected chi connectivity index (χ3v) is 8.37. The van der Waals surface area contributed by atoms with E-state index >= 15 is 0 Å². The maximum atomic E-state index is 13.5. The van der Waals surface area contributed by atoms with Crippen LogP contribution in [0.5, 0.6) is 0 Å². The highest BCUT2D eigenvalue weighted by Gasteiger charge is 2.71. The van der Waals surface area contributed by atoms with Crippen molar-refractivity contribution in [2.24, 2.45) is 17.3 Å². The lowest BCUT2D eigenvalue weighted by Crippen LogP contribution is -2.42. The number of nitrogens with zero attached hydrogens (tertiary/aromatic N) is 1. The monoisotopic (exact) mass is 527 g/mol. The van der Waals surface area contributed by atoms with E-state index in [2.05, 4.69) is 18.5 Å². The molecule has 3 heterocycles. The number of ketones is 1. The molecule has 0 aliphatic carbocycles. The molecule has 2 aliphatic heterocycles. The summed E-state index contributed by atoms with van der Waals surface area (Å²) < 4.78 is 17.1. The molecule has 2 fully saturated rings. The van der Waals surface area contributed by atoms with E-state index < -0.39 is 35.0 Å². The predicted octanol–water partition coefficient (Wildman–Crippen LogP) is 5.34. The summed E-state index contributed by atoms with van der Waals surface area (Å²) in [7, 11) is 0. The number of aryl methyl sites for hydroxylation is 1. The Labute approximate surface area is 224 Å². The minimum absolute atomic E-state index is 0.0137. The maximum absolute atomic E-state index is 13.5. The summed E-state index contributed by atoms with van der Waals surface area (Å²) in [6, 6.07) is 5.07. The van der Waals surface area contributed by atoms with Crippen molar-refractivity contribution >= 4 is 22.9 Å². The molecule has 6 atom stereocenters. The number of hydrogen-bond donors (Lipinski definition) is 2. The molecule has 0 saturated carbocycles. The summed E-state index contributed by atoms with van der Waals surface area (Å²) in [6.07, 6.45) is 2.79. The fourth-order valence-corrected chi connectivity index (χ4v) is 5.87. The number of aromatic nitrogens is 1. The Kier molecular flexibility index (Phi) is 7.90. The molecule has 0 spiro atoms. The van der Waals surface area contributed by atoms with Crippen molar-refractivity contribution in [3.63, 3.8) is 0 Å². The number of hydrogen-bond acceptors (Lipinski definition) is 8. The lowest BCUT2D eigenvalue weighted by molar-refractivity contribution is -0.171. The van der Waals surface area contributed by atoms with Gasteiger partial charge < -0.3 is 24.1 Å². The Morgan fingerprint density at radius 1 is 1.21 bits per heavy atom. The van der Waals surface area contributed by atoms with Gasteiger partial charge in [0.1, 0.15) is 16.9 Å². The van der Waals surface area contributed by atoms with Gasteiger partial charge in [0.05, 0.1) is 0 Å². The Bertz CT molecular complexity index is 1200. The molecular formula is C30H41NO7. The van der Waals surface area contributed by atoms with Crippen molar-refractivity contribution in [3.8, 4) is 0 Å². The van der Waals surface area contributed by atoms with Crippen molar-refractivity contribution in [2.75, 3.05) is 0 Å². The lowest BCUT2D eigenvalue weighted by atomic mass is 9.74. The van der Waals surface area contributed by atoms with Gasteiger partial charge in [-0.15, -0.1) is 6.58 Å². The minimum atomic E-state index is -1.87. The first-order valence-electron chi connectivity index (χ1n) is 13.6. The number of oxazole rings is 1. The van der Waals surface area contributed by atoms with Crippen LogP contribution in [0.1, 0.15) is 90.2 Å². The molecule has 1 aromatic carbocycles. The Morgan fingerprint density at radius 3 is 2.66 bits per heavy atom. The van der Waals surface area contributed by atoms with Gasteiger partial charge in [0.15, 0.2) is 23.7 Å². The van der Waals surface area contributed by atoms with E-state index in [0.29, 0.717) is 41.8 Å². The van der Waals surface area contributed by atoms with E-state index in [9.17, 15) is 19.8 Å². The van der Waals surface area contributed by atoms with Gasteiger partial charge in [0.25, 0.3) is 0 Å². The van der Waals surface area contributed by atoms with Gasteiger partial charge >= 0.3 is 5.97 Å². The summed E-state index contributed by atoms with van der Waals surface area (Å²) in [5.74, 6) is -1.72. The van der Waals surface area contributed by atoms with Gasteiger partial charge in [-0.25, -0.2) is 4.98 Å². The fourth-order valence-electron chi connectivity index (χ4n) is 5.87. The van der Waals surface area contributed by atoms with E-state index in [-0.39, 0.29) is 24.0 Å². The van der Waals surface area contributed by atoms with Gasteiger partial charge in [0, 0.05) is 24.7 Å². The minimum Gasteiger partial charge on any atom is -0.454 e. The molecular weight excluding hydrogens is 486 g/mol. The number of allylic oxidation sites excluding steroid dienone is 1. The zero-order valence-electron chi connectivity index (χ0n) is 23.2. The van der Waals surface area contributed by atoms with Crippen LogP contribution in [0.25, 0.3) is 11.1 Å². The third kappa shape index (κ3) is 5.58. The van der Waals surface area contributed by atoms with Crippen LogP contribution >= 0.6 is 0 Å². The SMILES string of the molecule is C=CCC1CC(C)CCCC2(C)OC2(O)C(O)C(c2ccc3oc(C)nc3c2)OC(=O)CCC(C)(C)C1=O. The molecule has 2 aromatic rings. The zero-order valence-corrected chi connectivity index (χ0v) is 23.2. The van der Waals surface area contributed by atoms with Crippen molar-refractivity contribution in [1.82, 2.24) is 4.98 Å². The molecule has 2 N–H and O–H groups in total. The highest BCUT2D eigenvalue weighted by molar-refractivity contribution is 5.87. The van der Waals surface area contributed by atoms with Gasteiger partial charge in [-0.1, -0.05) is 45.8 Å². The van der Waals surface area contributed by atoms with Crippen LogP contribution in [0.3, 0.4) is 0 Å². The van der Waals surface area contributed by atoms with Crippen molar-refractivity contribution in [1.29, 1.82) is 0 Å². The molecule has 1 aromatic heterocycles. The van der Waals surface area contributed by atoms with Crippen molar-refractivity contribution in [3.05, 3.63) is 42.3 Å². The van der Waals surface area contributed by atoms with Crippen LogP contribution in [0.2, 0.25) is 0 Å². The second kappa shape index (κ2) is 10.5. The summed E-state index contributed by atoms with van der Waals surface area (Å²) >= 11 is 0. The Morgan fingerprint density at radius 2 is 1.95 bits per heavy atom. The van der Waals surface area contributed by atoms with E-state index in [4.69, 9.17) is 13.9 Å². The molecule has 2 aliphatic rings. The van der Waals surface area contributed by atoms with Crippen LogP contribution < -0.4 is 0 Å². The molecule has 208 valence electrons. The highest BCUT2D eigenvalue weighted by atomic mass is 16.8. The van der Waals surface area contributed by atoms with Crippen LogP contribution in [-0.4, -0.2) is 44.4 Å². The fraction of sp³-hybridized carbons (Fsp3) is 0.633. The van der Waals surface area contributed by atoms with Crippen LogP contribution in [0.15, 0.2) is 35.3 Å². The standard InChI is InChI=1S/C30H41NO7/c1-7-9-21-16-18(2)10-8-14-29(6)30(35,38-29)27(34)25(37-24(32)13-15-28(4,5)26(21)33)20-11-12-23-22(17-20)31-19(3)36-23/h7,11-12,17-18,21,25,27,34-35H,1,8-10,13-16H2,2-6H3. The van der Waals surface area contributed by atoms with E-state index in [0.717, 1.165) is 19.3 Å².